The zero-order valence-electron chi connectivity index (χ0n) is 11.6. The molecule has 4 heteroatoms. The highest BCUT2D eigenvalue weighted by molar-refractivity contribution is 5.87. The highest BCUT2D eigenvalue weighted by Crippen LogP contribution is 2.22. The predicted molar refractivity (Wildman–Crippen MR) is 76.0 cm³/mol. The number of nitrogens with zero attached hydrogens (tertiary/aromatic N) is 1. The molecule has 0 aromatic heterocycles. The molecule has 1 aliphatic rings. The van der Waals surface area contributed by atoms with Crippen LogP contribution in [0.2, 0.25) is 0 Å². The molecule has 0 unspecified atom stereocenters. The molecular formula is C16H20FNO2. The Bertz CT molecular complexity index is 467. The summed E-state index contributed by atoms with van der Waals surface area (Å²) in [7, 11) is 0. The molecule has 0 radical (unpaired) electrons. The van der Waals surface area contributed by atoms with Crippen molar-refractivity contribution in [2.45, 2.75) is 19.3 Å². The van der Waals surface area contributed by atoms with E-state index in [4.69, 9.17) is 4.74 Å². The molecule has 0 N–H and O–H groups in total. The first-order valence-electron chi connectivity index (χ1n) is 6.99. The van der Waals surface area contributed by atoms with Gasteiger partial charge in [0.2, 0.25) is 5.91 Å². The lowest BCUT2D eigenvalue weighted by molar-refractivity contribution is -0.127. The Kier molecular flexibility index (Phi) is 5.16. The van der Waals surface area contributed by atoms with Gasteiger partial charge < -0.3 is 9.64 Å². The monoisotopic (exact) mass is 277 g/mol. The lowest BCUT2D eigenvalue weighted by Crippen LogP contribution is -2.37. The summed E-state index contributed by atoms with van der Waals surface area (Å²) in [6, 6.07) is 6.45. The van der Waals surface area contributed by atoms with E-state index in [-0.39, 0.29) is 11.7 Å². The lowest BCUT2D eigenvalue weighted by atomic mass is 9.94. The van der Waals surface area contributed by atoms with E-state index in [1.54, 1.807) is 18.2 Å². The minimum absolute atomic E-state index is 0.00561. The van der Waals surface area contributed by atoms with Crippen LogP contribution in [-0.4, -0.2) is 30.5 Å². The molecule has 1 aromatic carbocycles. The first-order valence-corrected chi connectivity index (χ1v) is 6.99. The van der Waals surface area contributed by atoms with Crippen molar-refractivity contribution in [3.63, 3.8) is 0 Å². The van der Waals surface area contributed by atoms with Crippen LogP contribution in [0.15, 0.2) is 36.9 Å². The number of amides is 1. The molecule has 1 aromatic rings. The third-order valence-corrected chi connectivity index (χ3v) is 3.72. The van der Waals surface area contributed by atoms with Crippen LogP contribution in [0, 0.1) is 11.7 Å². The van der Waals surface area contributed by atoms with E-state index < -0.39 is 0 Å². The van der Waals surface area contributed by atoms with E-state index in [1.807, 2.05) is 4.90 Å². The maximum absolute atomic E-state index is 13.4. The number of likely N-dealkylation sites (tertiary alicyclic amines) is 1. The summed E-state index contributed by atoms with van der Waals surface area (Å²) in [5.74, 6) is 0.535. The molecule has 0 aliphatic carbocycles. The van der Waals surface area contributed by atoms with Crippen LogP contribution in [0.1, 0.15) is 19.3 Å². The molecule has 0 spiro atoms. The second-order valence-electron chi connectivity index (χ2n) is 5.04. The fraction of sp³-hybridized carbons (Fsp3) is 0.438. The molecule has 1 aliphatic heterocycles. The summed E-state index contributed by atoms with van der Waals surface area (Å²) in [4.78, 5) is 13.3. The van der Waals surface area contributed by atoms with E-state index in [0.717, 1.165) is 32.4 Å². The number of carbonyl (C=O) groups is 1. The average molecular weight is 277 g/mol. The summed E-state index contributed by atoms with van der Waals surface area (Å²) in [5, 5.41) is 0. The number of rotatable bonds is 5. The summed E-state index contributed by atoms with van der Waals surface area (Å²) in [5.41, 5.74) is 0. The van der Waals surface area contributed by atoms with Gasteiger partial charge in [0.05, 0.1) is 6.61 Å². The molecule has 0 bridgehead atoms. The third kappa shape index (κ3) is 3.83. The van der Waals surface area contributed by atoms with E-state index >= 15 is 0 Å². The van der Waals surface area contributed by atoms with Crippen molar-refractivity contribution in [2.75, 3.05) is 19.7 Å². The molecule has 1 saturated heterocycles. The smallest absolute Gasteiger partial charge is 0.245 e. The molecular weight excluding hydrogens is 257 g/mol. The molecule has 0 atom stereocenters. The Morgan fingerprint density at radius 2 is 2.10 bits per heavy atom. The number of ether oxygens (including phenoxy) is 1. The predicted octanol–water partition coefficient (Wildman–Crippen LogP) is 3.02. The number of hydrogen-bond acceptors (Lipinski definition) is 2. The van der Waals surface area contributed by atoms with E-state index in [2.05, 4.69) is 6.58 Å². The number of hydrogen-bond donors (Lipinski definition) is 0. The Hall–Kier alpha value is -1.84. The average Bonchev–Trinajstić information content (AvgIpc) is 2.49. The van der Waals surface area contributed by atoms with Crippen LogP contribution >= 0.6 is 0 Å². The molecule has 20 heavy (non-hydrogen) atoms. The Labute approximate surface area is 119 Å². The lowest BCUT2D eigenvalue weighted by Gasteiger charge is -2.31. The molecule has 1 fully saturated rings. The van der Waals surface area contributed by atoms with Crippen LogP contribution in [-0.2, 0) is 4.79 Å². The van der Waals surface area contributed by atoms with Gasteiger partial charge in [0.1, 0.15) is 0 Å². The van der Waals surface area contributed by atoms with E-state index in [0.29, 0.717) is 18.3 Å². The first kappa shape index (κ1) is 14.6. The van der Waals surface area contributed by atoms with Crippen molar-refractivity contribution in [3.05, 3.63) is 42.7 Å². The zero-order chi connectivity index (χ0) is 14.4. The zero-order valence-corrected chi connectivity index (χ0v) is 11.6. The summed E-state index contributed by atoms with van der Waals surface area (Å²) < 4.78 is 18.8. The largest absolute Gasteiger partial charge is 0.491 e. The van der Waals surface area contributed by atoms with Crippen molar-refractivity contribution in [3.8, 4) is 5.75 Å². The Morgan fingerprint density at radius 1 is 1.40 bits per heavy atom. The van der Waals surface area contributed by atoms with Gasteiger partial charge in [0.25, 0.3) is 0 Å². The molecule has 108 valence electrons. The Balaban J connectivity index is 1.70. The quantitative estimate of drug-likeness (QED) is 0.774. The first-order chi connectivity index (χ1) is 9.70. The van der Waals surface area contributed by atoms with Crippen molar-refractivity contribution >= 4 is 5.91 Å². The molecule has 0 saturated carbocycles. The van der Waals surface area contributed by atoms with Crippen LogP contribution in [0.5, 0.6) is 5.75 Å². The number of carbonyl (C=O) groups excluding carboxylic acids is 1. The van der Waals surface area contributed by atoms with Crippen LogP contribution in [0.4, 0.5) is 4.39 Å². The SMILES string of the molecule is C=CC(=O)N1CCC(CCOc2ccccc2F)CC1. The van der Waals surface area contributed by atoms with Crippen LogP contribution in [0.25, 0.3) is 0 Å². The maximum atomic E-state index is 13.4. The van der Waals surface area contributed by atoms with Gasteiger partial charge in [-0.05, 0) is 43.4 Å². The van der Waals surface area contributed by atoms with Crippen LogP contribution < -0.4 is 4.74 Å². The van der Waals surface area contributed by atoms with E-state index in [1.165, 1.54) is 12.1 Å². The summed E-state index contributed by atoms with van der Waals surface area (Å²) in [6.07, 6.45) is 4.20. The number of piperidine rings is 1. The fourth-order valence-electron chi connectivity index (χ4n) is 2.47. The van der Waals surface area contributed by atoms with Gasteiger partial charge >= 0.3 is 0 Å². The van der Waals surface area contributed by atoms with Gasteiger partial charge in [0, 0.05) is 13.1 Å². The third-order valence-electron chi connectivity index (χ3n) is 3.72. The highest BCUT2D eigenvalue weighted by atomic mass is 19.1. The van der Waals surface area contributed by atoms with Gasteiger partial charge in [-0.25, -0.2) is 4.39 Å². The molecule has 2 rings (SSSR count). The fourth-order valence-corrected chi connectivity index (χ4v) is 2.47. The Morgan fingerprint density at radius 3 is 2.75 bits per heavy atom. The number of para-hydroxylation sites is 1. The molecule has 1 amide bonds. The number of halogens is 1. The minimum Gasteiger partial charge on any atom is -0.491 e. The van der Waals surface area contributed by atoms with Gasteiger partial charge in [-0.3, -0.25) is 4.79 Å². The van der Waals surface area contributed by atoms with Crippen molar-refractivity contribution in [1.82, 2.24) is 4.90 Å². The molecule has 1 heterocycles. The number of benzene rings is 1. The van der Waals surface area contributed by atoms with E-state index in [9.17, 15) is 9.18 Å². The minimum atomic E-state index is -0.320. The van der Waals surface area contributed by atoms with Crippen molar-refractivity contribution in [1.29, 1.82) is 0 Å². The normalized spacial score (nSPS) is 15.9. The molecule has 3 nitrogen and oxygen atoms in total. The van der Waals surface area contributed by atoms with Crippen molar-refractivity contribution in [2.24, 2.45) is 5.92 Å². The maximum Gasteiger partial charge on any atom is 0.245 e. The second-order valence-corrected chi connectivity index (χ2v) is 5.04. The second kappa shape index (κ2) is 7.08. The van der Waals surface area contributed by atoms with Gasteiger partial charge in [0.15, 0.2) is 11.6 Å². The summed E-state index contributed by atoms with van der Waals surface area (Å²) >= 11 is 0. The summed E-state index contributed by atoms with van der Waals surface area (Å²) in [6.45, 7) is 5.56. The van der Waals surface area contributed by atoms with Crippen LogP contribution in [0.3, 0.4) is 0 Å². The standard InChI is InChI=1S/C16H20FNO2/c1-2-16(19)18-10-7-13(8-11-18)9-12-20-15-6-4-3-5-14(15)17/h2-6,13H,1,7-12H2. The van der Waals surface area contributed by atoms with Gasteiger partial charge in [-0.1, -0.05) is 18.7 Å². The van der Waals surface area contributed by atoms with Crippen molar-refractivity contribution < 1.29 is 13.9 Å². The topological polar surface area (TPSA) is 29.5 Å². The highest BCUT2D eigenvalue weighted by Gasteiger charge is 2.21. The van der Waals surface area contributed by atoms with Gasteiger partial charge in [-0.15, -0.1) is 0 Å². The van der Waals surface area contributed by atoms with Gasteiger partial charge in [-0.2, -0.15) is 0 Å².